The van der Waals surface area contributed by atoms with E-state index in [0.29, 0.717) is 0 Å². The van der Waals surface area contributed by atoms with Gasteiger partial charge in [0.25, 0.3) is 0 Å². The minimum Gasteiger partial charge on any atom is -0.316 e. The Morgan fingerprint density at radius 3 is 2.14 bits per heavy atom. The first-order chi connectivity index (χ1) is 6.79. The summed E-state index contributed by atoms with van der Waals surface area (Å²) in [4.78, 5) is 0. The minimum absolute atomic E-state index is 0.895. The largest absolute Gasteiger partial charge is 0.316 e. The third kappa shape index (κ3) is 2.27. The molecule has 0 aliphatic carbocycles. The molecule has 2 saturated heterocycles. The molecule has 2 fully saturated rings. The highest BCUT2D eigenvalue weighted by Gasteiger charge is 2.34. The summed E-state index contributed by atoms with van der Waals surface area (Å²) < 4.78 is 0. The number of hydrogen-bond donors (Lipinski definition) is 1. The third-order valence-corrected chi connectivity index (χ3v) is 5.11. The zero-order valence-corrected chi connectivity index (χ0v) is 10.3. The fraction of sp³-hybridized carbons (Fsp3) is 1.00. The molecule has 14 heavy (non-hydrogen) atoms. The van der Waals surface area contributed by atoms with Crippen LogP contribution in [0, 0.1) is 23.7 Å². The Labute approximate surface area is 92.4 Å². The van der Waals surface area contributed by atoms with Crippen LogP contribution in [0.15, 0.2) is 0 Å². The first-order valence-corrected chi connectivity index (χ1v) is 7.23. The number of thioether (sulfide) groups is 1. The fourth-order valence-corrected chi connectivity index (χ4v) is 4.54. The second kappa shape index (κ2) is 4.89. The minimum atomic E-state index is 0.895. The van der Waals surface area contributed by atoms with Crippen LogP contribution in [0.1, 0.15) is 26.7 Å². The summed E-state index contributed by atoms with van der Waals surface area (Å²) in [7, 11) is 0. The summed E-state index contributed by atoms with van der Waals surface area (Å²) in [6.07, 6.45) is 2.95. The van der Waals surface area contributed by atoms with Crippen molar-refractivity contribution in [3.63, 3.8) is 0 Å². The zero-order chi connectivity index (χ0) is 9.97. The maximum Gasteiger partial charge on any atom is -0.00202 e. The summed E-state index contributed by atoms with van der Waals surface area (Å²) in [6.45, 7) is 7.38. The van der Waals surface area contributed by atoms with Crippen molar-refractivity contribution in [2.24, 2.45) is 23.7 Å². The average molecular weight is 213 g/mol. The van der Waals surface area contributed by atoms with Crippen LogP contribution in [0.2, 0.25) is 0 Å². The highest BCUT2D eigenvalue weighted by Crippen LogP contribution is 2.38. The van der Waals surface area contributed by atoms with Crippen molar-refractivity contribution >= 4 is 11.8 Å². The van der Waals surface area contributed by atoms with Gasteiger partial charge in [0, 0.05) is 0 Å². The first kappa shape index (κ1) is 10.8. The molecule has 0 amide bonds. The van der Waals surface area contributed by atoms with Gasteiger partial charge in [-0.3, -0.25) is 0 Å². The lowest BCUT2D eigenvalue weighted by Crippen LogP contribution is -2.45. The maximum absolute atomic E-state index is 3.55. The van der Waals surface area contributed by atoms with Gasteiger partial charge >= 0.3 is 0 Å². The Hall–Kier alpha value is 0.310. The van der Waals surface area contributed by atoms with Gasteiger partial charge in [0.1, 0.15) is 0 Å². The lowest BCUT2D eigenvalue weighted by molar-refractivity contribution is 0.119. The molecule has 0 radical (unpaired) electrons. The summed E-state index contributed by atoms with van der Waals surface area (Å²) in [5.41, 5.74) is 0. The molecular weight excluding hydrogens is 190 g/mol. The molecule has 1 nitrogen and oxygen atoms in total. The quantitative estimate of drug-likeness (QED) is 0.718. The summed E-state index contributed by atoms with van der Waals surface area (Å²) in [5.74, 6) is 6.64. The molecule has 0 aromatic carbocycles. The molecule has 0 bridgehead atoms. The van der Waals surface area contributed by atoms with E-state index in [2.05, 4.69) is 30.9 Å². The van der Waals surface area contributed by atoms with Crippen molar-refractivity contribution < 1.29 is 0 Å². The van der Waals surface area contributed by atoms with Gasteiger partial charge in [-0.15, -0.1) is 0 Å². The molecule has 2 atom stereocenters. The van der Waals surface area contributed by atoms with Crippen LogP contribution >= 0.6 is 11.8 Å². The molecule has 1 N–H and O–H groups in total. The molecule has 2 rings (SSSR count). The molecule has 82 valence electrons. The van der Waals surface area contributed by atoms with Crippen LogP contribution in [-0.2, 0) is 0 Å². The number of rotatable bonds is 1. The van der Waals surface area contributed by atoms with Crippen molar-refractivity contribution in [1.29, 1.82) is 0 Å². The van der Waals surface area contributed by atoms with Gasteiger partial charge in [-0.25, -0.2) is 0 Å². The average Bonchev–Trinajstić information content (AvgIpc) is 2.19. The molecule has 2 unspecified atom stereocenters. The Morgan fingerprint density at radius 1 is 1.00 bits per heavy atom. The van der Waals surface area contributed by atoms with Gasteiger partial charge in [0.15, 0.2) is 0 Å². The Balaban J connectivity index is 1.97. The lowest BCUT2D eigenvalue weighted by atomic mass is 9.70. The predicted molar refractivity (Wildman–Crippen MR) is 64.7 cm³/mol. The molecule has 2 aliphatic heterocycles. The van der Waals surface area contributed by atoms with Crippen LogP contribution in [0.25, 0.3) is 0 Å². The second-order valence-electron chi connectivity index (χ2n) is 5.14. The zero-order valence-electron chi connectivity index (χ0n) is 9.46. The van der Waals surface area contributed by atoms with E-state index in [-0.39, 0.29) is 0 Å². The number of nitrogens with one attached hydrogen (secondary N) is 1. The topological polar surface area (TPSA) is 12.0 Å². The normalized spacial score (nSPS) is 41.1. The predicted octanol–water partition coefficient (Wildman–Crippen LogP) is 2.62. The standard InChI is InChI=1S/C12H23NS/c1-9-7-13-8-10(2)12(9)11-3-5-14-6-4-11/h9-13H,3-8H2,1-2H3. The van der Waals surface area contributed by atoms with Crippen LogP contribution < -0.4 is 5.32 Å². The van der Waals surface area contributed by atoms with E-state index < -0.39 is 0 Å². The van der Waals surface area contributed by atoms with E-state index >= 15 is 0 Å². The van der Waals surface area contributed by atoms with Crippen LogP contribution in [0.5, 0.6) is 0 Å². The van der Waals surface area contributed by atoms with Crippen LogP contribution in [-0.4, -0.2) is 24.6 Å². The van der Waals surface area contributed by atoms with Crippen molar-refractivity contribution in [3.05, 3.63) is 0 Å². The monoisotopic (exact) mass is 213 g/mol. The van der Waals surface area contributed by atoms with Gasteiger partial charge in [-0.1, -0.05) is 13.8 Å². The van der Waals surface area contributed by atoms with Crippen LogP contribution in [0.4, 0.5) is 0 Å². The molecule has 0 spiro atoms. The van der Waals surface area contributed by atoms with E-state index in [1.807, 2.05) is 0 Å². The SMILES string of the molecule is CC1CNCC(C)C1C1CCSCC1. The molecular formula is C12H23NS. The summed E-state index contributed by atoms with van der Waals surface area (Å²) in [5, 5.41) is 3.55. The van der Waals surface area contributed by atoms with Crippen LogP contribution in [0.3, 0.4) is 0 Å². The van der Waals surface area contributed by atoms with Gasteiger partial charge in [-0.05, 0) is 61.1 Å². The first-order valence-electron chi connectivity index (χ1n) is 6.07. The Kier molecular flexibility index (Phi) is 3.78. The number of piperidine rings is 1. The molecule has 2 aliphatic rings. The molecule has 0 saturated carbocycles. The molecule has 2 heteroatoms. The summed E-state index contributed by atoms with van der Waals surface area (Å²) >= 11 is 2.15. The van der Waals surface area contributed by atoms with Gasteiger partial charge in [0.2, 0.25) is 0 Å². The van der Waals surface area contributed by atoms with E-state index in [1.165, 1.54) is 37.4 Å². The van der Waals surface area contributed by atoms with Crippen molar-refractivity contribution in [2.45, 2.75) is 26.7 Å². The summed E-state index contributed by atoms with van der Waals surface area (Å²) in [6, 6.07) is 0. The van der Waals surface area contributed by atoms with Crippen molar-refractivity contribution in [3.8, 4) is 0 Å². The van der Waals surface area contributed by atoms with E-state index in [4.69, 9.17) is 0 Å². The number of hydrogen-bond acceptors (Lipinski definition) is 2. The van der Waals surface area contributed by atoms with Gasteiger partial charge < -0.3 is 5.32 Å². The highest BCUT2D eigenvalue weighted by atomic mass is 32.2. The van der Waals surface area contributed by atoms with Gasteiger partial charge in [-0.2, -0.15) is 11.8 Å². The second-order valence-corrected chi connectivity index (χ2v) is 6.36. The Morgan fingerprint density at radius 2 is 1.57 bits per heavy atom. The Bertz CT molecular complexity index is 167. The molecule has 2 heterocycles. The van der Waals surface area contributed by atoms with E-state index in [9.17, 15) is 0 Å². The molecule has 0 aromatic heterocycles. The lowest BCUT2D eigenvalue weighted by Gasteiger charge is -2.41. The maximum atomic E-state index is 3.55. The highest BCUT2D eigenvalue weighted by molar-refractivity contribution is 7.99. The molecule has 0 aromatic rings. The smallest absolute Gasteiger partial charge is 0.00202 e. The van der Waals surface area contributed by atoms with Crippen molar-refractivity contribution in [2.75, 3.05) is 24.6 Å². The fourth-order valence-electron chi connectivity index (χ4n) is 3.40. The van der Waals surface area contributed by atoms with Gasteiger partial charge in [0.05, 0.1) is 0 Å². The van der Waals surface area contributed by atoms with E-state index in [0.717, 1.165) is 23.7 Å². The van der Waals surface area contributed by atoms with E-state index in [1.54, 1.807) is 0 Å². The third-order valence-electron chi connectivity index (χ3n) is 4.06. The van der Waals surface area contributed by atoms with Crippen molar-refractivity contribution in [1.82, 2.24) is 5.32 Å².